The molecule has 0 amide bonds. The van der Waals surface area contributed by atoms with Crippen LogP contribution in [0.4, 0.5) is 5.69 Å². The highest BCUT2D eigenvalue weighted by molar-refractivity contribution is 7.05. The number of ketones is 1. The normalized spacial score (nSPS) is 17.1. The summed E-state index contributed by atoms with van der Waals surface area (Å²) in [6, 6.07) is 123. The molecule has 6 spiro atoms. The average molecular weight is 1790 g/mol. The summed E-state index contributed by atoms with van der Waals surface area (Å²) in [7, 11) is -1.42. The molecular weight excluding hydrogens is 1660 g/mol. The van der Waals surface area contributed by atoms with Gasteiger partial charge in [-0.15, -0.1) is 0 Å². The Morgan fingerprint density at radius 1 is 0.272 bits per heavy atom. The Bertz CT molecular complexity index is 6950. The number of hydrogen-bond donors (Lipinski definition) is 1. The van der Waals surface area contributed by atoms with Crippen LogP contribution in [0.3, 0.4) is 0 Å². The number of ether oxygens (including phenoxy) is 1. The monoisotopic (exact) mass is 1780 g/mol. The third-order valence-electron chi connectivity index (χ3n) is 33.7. The van der Waals surface area contributed by atoms with Gasteiger partial charge in [0.1, 0.15) is 20.4 Å². The van der Waals surface area contributed by atoms with Crippen molar-refractivity contribution in [3.05, 3.63) is 472 Å². The SMILES string of the molecule is Cc1ccc2c(c1)C1(CC(=O)c3ccccc31)c1cc(C)ccc1-2.Cc1ccc2c(c1)C1(CCN(c3ccccc3)CC1)c1cc(C)ccc1-2.Cc1ccc2c(c1)C1(CCNCC1)c1cc(C)ccc1-2.Cc1ccc2c(c1)C1(CCc3ccccc31)c1cc(C)ccc1-2.Cc1ccc2c(c1)C1(COc3ccccc31)c1cc(C)ccc1-2.Cc1ccc2c(c1)[Si]1(CCCCC1)c1cc(C)ccc1-2. The summed E-state index contributed by atoms with van der Waals surface area (Å²) in [5.74, 6) is 1.28. The molecule has 4 nitrogen and oxygen atoms in total. The molecule has 0 atom stereocenters. The second-order valence-electron chi connectivity index (χ2n) is 42.3. The van der Waals surface area contributed by atoms with Crippen LogP contribution in [0.15, 0.2) is 322 Å². The largest absolute Gasteiger partial charge is 0.492 e. The highest BCUT2D eigenvalue weighted by atomic mass is 28.3. The van der Waals surface area contributed by atoms with Gasteiger partial charge in [-0.05, 0) is 314 Å². The molecule has 3 fully saturated rings. The molecule has 1 N–H and O–H groups in total. The summed E-state index contributed by atoms with van der Waals surface area (Å²) in [6.07, 6.45) is 12.1. The van der Waals surface area contributed by atoms with E-state index in [1.165, 1.54) is 254 Å². The Labute approximate surface area is 807 Å². The number of nitrogens with zero attached hydrogens (tertiary/aromatic N) is 1. The molecule has 0 radical (unpaired) electrons. The second kappa shape index (κ2) is 33.7. The summed E-state index contributed by atoms with van der Waals surface area (Å²) in [5.41, 5.74) is 55.8. The first-order valence-corrected chi connectivity index (χ1v) is 52.8. The van der Waals surface area contributed by atoms with Gasteiger partial charge in [-0.3, -0.25) is 4.79 Å². The molecule has 3 saturated heterocycles. The maximum Gasteiger partial charge on any atom is 0.164 e. The predicted molar refractivity (Wildman–Crippen MR) is 570 cm³/mol. The smallest absolute Gasteiger partial charge is 0.164 e. The molecule has 0 saturated carbocycles. The molecule has 7 aliphatic carbocycles. The third kappa shape index (κ3) is 13.8. The lowest BCUT2D eigenvalue weighted by molar-refractivity contribution is 0.0984. The summed E-state index contributed by atoms with van der Waals surface area (Å²) in [5, 5.41) is 7.02. The van der Waals surface area contributed by atoms with Gasteiger partial charge < -0.3 is 15.0 Å². The number of anilines is 1. The van der Waals surface area contributed by atoms with Crippen LogP contribution in [-0.2, 0) is 33.5 Å². The van der Waals surface area contributed by atoms with Crippen LogP contribution in [0.25, 0.3) is 66.8 Å². The molecule has 16 aromatic carbocycles. The van der Waals surface area contributed by atoms with Crippen LogP contribution in [0.1, 0.15) is 213 Å². The number of aryl methyl sites for hydroxylation is 13. The molecule has 5 heteroatoms. The number of fused-ring (bicyclic) bond motifs is 36. The second-order valence-corrected chi connectivity index (χ2v) is 46.5. The first-order chi connectivity index (χ1) is 66.1. The number of nitrogens with one attached hydrogen (secondary N) is 1. The minimum Gasteiger partial charge on any atom is -0.492 e. The average Bonchev–Trinajstić information content (AvgIpc) is 1.52. The zero-order chi connectivity index (χ0) is 92.9. The van der Waals surface area contributed by atoms with Crippen LogP contribution < -0.4 is 25.3 Å². The van der Waals surface area contributed by atoms with Crippen molar-refractivity contribution < 1.29 is 9.53 Å². The lowest BCUT2D eigenvalue weighted by Crippen LogP contribution is -2.56. The molecule has 5 heterocycles. The first kappa shape index (κ1) is 87.0. The Hall–Kier alpha value is -13.0. The molecular formula is C131H124N2O2Si. The van der Waals surface area contributed by atoms with Crippen molar-refractivity contribution in [2.45, 2.75) is 186 Å². The molecule has 5 aliphatic heterocycles. The summed E-state index contributed by atoms with van der Waals surface area (Å²) >= 11 is 0. The van der Waals surface area contributed by atoms with Gasteiger partial charge in [-0.1, -0.05) is 389 Å². The molecule has 0 aromatic heterocycles. The third-order valence-corrected chi connectivity index (χ3v) is 39.1. The number of para-hydroxylation sites is 2. The van der Waals surface area contributed by atoms with Crippen LogP contribution in [0.5, 0.6) is 5.75 Å². The van der Waals surface area contributed by atoms with E-state index in [1.54, 1.807) is 43.8 Å². The number of carbonyl (C=O) groups excluding carboxylic acids is 1. The van der Waals surface area contributed by atoms with E-state index in [0.29, 0.717) is 13.0 Å². The number of piperidine rings is 2. The Balaban J connectivity index is 0.0000000920. The molecule has 0 unspecified atom stereocenters. The Morgan fingerprint density at radius 3 is 1.01 bits per heavy atom. The van der Waals surface area contributed by atoms with Gasteiger partial charge in [0.05, 0.1) is 10.8 Å². The zero-order valence-corrected chi connectivity index (χ0v) is 82.4. The van der Waals surface area contributed by atoms with E-state index in [4.69, 9.17) is 4.74 Å². The lowest BCUT2D eigenvalue weighted by atomic mass is 9.70. The van der Waals surface area contributed by atoms with Crippen LogP contribution in [-0.4, -0.2) is 46.6 Å². The lowest BCUT2D eigenvalue weighted by Gasteiger charge is -2.42. The fourth-order valence-corrected chi connectivity index (χ4v) is 33.1. The number of benzene rings is 16. The number of Topliss-reactive ketones (excluding diaryl/α,β-unsaturated/α-hetero) is 1. The molecule has 16 aromatic rings. The highest BCUT2D eigenvalue weighted by Gasteiger charge is 2.55. The van der Waals surface area contributed by atoms with Gasteiger partial charge >= 0.3 is 0 Å². The van der Waals surface area contributed by atoms with Gasteiger partial charge in [0.25, 0.3) is 0 Å². The molecule has 28 rings (SSSR count). The Morgan fingerprint density at radius 2 is 0.596 bits per heavy atom. The van der Waals surface area contributed by atoms with Crippen molar-refractivity contribution in [1.29, 1.82) is 0 Å². The van der Waals surface area contributed by atoms with Crippen molar-refractivity contribution in [2.24, 2.45) is 0 Å². The summed E-state index contributed by atoms with van der Waals surface area (Å²) in [6.45, 7) is 31.6. The first-order valence-electron chi connectivity index (χ1n) is 50.4. The fraction of sp³-hybridized carbons (Fsp3) is 0.260. The van der Waals surface area contributed by atoms with Crippen LogP contribution >= 0.6 is 0 Å². The Kier molecular flexibility index (Phi) is 21.6. The van der Waals surface area contributed by atoms with Crippen LogP contribution in [0, 0.1) is 83.1 Å². The van der Waals surface area contributed by atoms with Gasteiger partial charge in [0.15, 0.2) is 5.78 Å². The molecule has 12 aliphatic rings. The summed E-state index contributed by atoms with van der Waals surface area (Å²) in [4.78, 5) is 15.4. The van der Waals surface area contributed by atoms with Gasteiger partial charge in [0.2, 0.25) is 0 Å². The minimum absolute atomic E-state index is 0.0687. The van der Waals surface area contributed by atoms with Crippen molar-refractivity contribution in [3.8, 4) is 72.5 Å². The maximum atomic E-state index is 12.8. The van der Waals surface area contributed by atoms with E-state index in [1.807, 2.05) is 12.1 Å². The van der Waals surface area contributed by atoms with Crippen molar-refractivity contribution in [1.82, 2.24) is 5.32 Å². The van der Waals surface area contributed by atoms with Gasteiger partial charge in [-0.2, -0.15) is 0 Å². The molecule has 674 valence electrons. The van der Waals surface area contributed by atoms with E-state index < -0.39 is 8.07 Å². The fourth-order valence-electron chi connectivity index (χ4n) is 27.3. The van der Waals surface area contributed by atoms with Crippen molar-refractivity contribution in [3.63, 3.8) is 0 Å². The van der Waals surface area contributed by atoms with Gasteiger partial charge in [-0.25, -0.2) is 0 Å². The predicted octanol–water partition coefficient (Wildman–Crippen LogP) is 29.6. The van der Waals surface area contributed by atoms with E-state index in [-0.39, 0.29) is 32.9 Å². The van der Waals surface area contributed by atoms with Gasteiger partial charge in [0, 0.05) is 52.6 Å². The topological polar surface area (TPSA) is 41.6 Å². The quantitative estimate of drug-likeness (QED) is 0.166. The van der Waals surface area contributed by atoms with E-state index in [9.17, 15) is 4.79 Å². The number of hydrogen-bond acceptors (Lipinski definition) is 4. The number of carbonyl (C=O) groups is 1. The van der Waals surface area contributed by atoms with Crippen LogP contribution in [0.2, 0.25) is 12.1 Å². The van der Waals surface area contributed by atoms with E-state index in [0.717, 1.165) is 37.5 Å². The minimum atomic E-state index is -1.42. The standard InChI is InChI=1S/C25H25N.C23H18O.C23H20.C22H18O.C19H21N.C19H22Si/c1-18-8-10-21-22-11-9-19(2)17-24(22)25(23(21)16-18)12-14-26(15-13-25)20-6-4-3-5-7-20;1-14-7-9-16-17-10-8-15(2)12-21(17)23(20(16)11-14)13-22(24)18-5-3-4-6-19(18)23;1-15-7-9-18-19-10-8-16(2)14-22(19)23(21(18)13-15)12-11-17-5-3-4-6-20(17)23;1-14-7-9-16-17-10-8-15(2)12-20(17)22(19(16)11-14)13-23-21-6-4-3-5-18(21)22;1-13-3-5-15-16-6-4-14(2)12-18(16)19(17(15)11-13)7-9-20-10-8-19;1-14-6-8-16-17-9-7-15(2)13-19(17)20(18(16)12-14)10-4-3-5-11-20/h3-11,16-17H,12-15H2,1-2H3;3-12H,13H2,1-2H3;3-10,13-14H,11-12H2,1-2H3;3-12H,13H2,1-2H3;3-6,11-12,20H,7-10H2,1-2H3;6-9,12-13H,3-5,10-11H2,1-2H3. The zero-order valence-electron chi connectivity index (χ0n) is 81.4. The van der Waals surface area contributed by atoms with E-state index in [2.05, 4.69) is 403 Å². The number of rotatable bonds is 1. The van der Waals surface area contributed by atoms with Crippen molar-refractivity contribution in [2.75, 3.05) is 37.7 Å². The molecule has 136 heavy (non-hydrogen) atoms. The van der Waals surface area contributed by atoms with Crippen molar-refractivity contribution >= 4 is 29.9 Å². The van der Waals surface area contributed by atoms with E-state index >= 15 is 0 Å². The molecule has 0 bridgehead atoms. The highest BCUT2D eigenvalue weighted by Crippen LogP contribution is 2.63. The maximum absolute atomic E-state index is 12.8. The summed E-state index contributed by atoms with van der Waals surface area (Å²) < 4.78 is 6.13.